The summed E-state index contributed by atoms with van der Waals surface area (Å²) in [6.45, 7) is 9.02. The molecule has 166 valence electrons. The summed E-state index contributed by atoms with van der Waals surface area (Å²) in [6, 6.07) is 1.63. The van der Waals surface area contributed by atoms with Crippen LogP contribution in [0.4, 0.5) is 10.8 Å². The first-order valence-corrected chi connectivity index (χ1v) is 12.5. The van der Waals surface area contributed by atoms with E-state index < -0.39 is 10.0 Å². The van der Waals surface area contributed by atoms with Crippen LogP contribution in [0.5, 0.6) is 0 Å². The van der Waals surface area contributed by atoms with Crippen molar-refractivity contribution < 1.29 is 13.2 Å². The van der Waals surface area contributed by atoms with Crippen LogP contribution in [0.3, 0.4) is 0 Å². The predicted octanol–water partition coefficient (Wildman–Crippen LogP) is 3.89. The minimum Gasteiger partial charge on any atom is -0.317 e. The summed E-state index contributed by atoms with van der Waals surface area (Å²) in [7, 11) is -3.56. The van der Waals surface area contributed by atoms with Gasteiger partial charge in [-0.2, -0.15) is 0 Å². The zero-order chi connectivity index (χ0) is 22.3. The van der Waals surface area contributed by atoms with Crippen LogP contribution in [-0.2, 0) is 14.8 Å². The fourth-order valence-corrected chi connectivity index (χ4v) is 4.95. The van der Waals surface area contributed by atoms with Crippen LogP contribution in [0.1, 0.15) is 39.3 Å². The van der Waals surface area contributed by atoms with Gasteiger partial charge < -0.3 is 10.6 Å². The van der Waals surface area contributed by atoms with Gasteiger partial charge in [0.25, 0.3) is 0 Å². The Morgan fingerprint density at radius 1 is 1.30 bits per heavy atom. The molecule has 0 saturated heterocycles. The topological polar surface area (TPSA) is 113 Å². The number of nitrogens with one attached hydrogen (secondary N) is 3. The van der Waals surface area contributed by atoms with Crippen LogP contribution in [-0.4, -0.2) is 43.1 Å². The highest BCUT2D eigenvalue weighted by Crippen LogP contribution is 2.35. The van der Waals surface area contributed by atoms with E-state index in [0.29, 0.717) is 35.3 Å². The molecule has 0 spiro atoms. The van der Waals surface area contributed by atoms with Crippen molar-refractivity contribution in [2.75, 3.05) is 28.9 Å². The molecule has 11 heteroatoms. The molecular formula is C19H28ClN5O3S2. The third-order valence-corrected chi connectivity index (χ3v) is 6.89. The number of halogens is 1. The number of aryl methyl sites for hydroxylation is 1. The first kappa shape index (κ1) is 24.5. The Labute approximate surface area is 186 Å². The van der Waals surface area contributed by atoms with Crippen molar-refractivity contribution in [1.29, 1.82) is 0 Å². The highest BCUT2D eigenvalue weighted by molar-refractivity contribution is 7.92. The maximum Gasteiger partial charge on any atom is 0.232 e. The van der Waals surface area contributed by atoms with E-state index in [4.69, 9.17) is 11.6 Å². The molecule has 30 heavy (non-hydrogen) atoms. The molecule has 0 atom stereocenters. The third kappa shape index (κ3) is 7.82. The molecule has 0 aliphatic carbocycles. The van der Waals surface area contributed by atoms with Gasteiger partial charge in [-0.05, 0) is 44.8 Å². The number of carbonyl (C=O) groups excluding carboxylic acids is 1. The number of rotatable bonds is 11. The second kappa shape index (κ2) is 11.0. The molecule has 0 fully saturated rings. The number of aromatic nitrogens is 2. The minimum atomic E-state index is -3.56. The molecule has 2 aromatic rings. The van der Waals surface area contributed by atoms with Gasteiger partial charge in [0.15, 0.2) is 10.3 Å². The molecule has 0 aromatic carbocycles. The van der Waals surface area contributed by atoms with Crippen molar-refractivity contribution in [2.45, 2.75) is 40.5 Å². The van der Waals surface area contributed by atoms with E-state index in [0.717, 1.165) is 17.8 Å². The fraction of sp³-hybridized carbons (Fsp3) is 0.526. The van der Waals surface area contributed by atoms with Gasteiger partial charge in [0.05, 0.1) is 22.0 Å². The Balaban J connectivity index is 2.04. The second-order valence-electron chi connectivity index (χ2n) is 7.38. The highest BCUT2D eigenvalue weighted by Gasteiger charge is 2.17. The smallest absolute Gasteiger partial charge is 0.232 e. The number of sulfonamides is 1. The number of carbonyl (C=O) groups is 1. The molecule has 8 nitrogen and oxygen atoms in total. The van der Waals surface area contributed by atoms with Gasteiger partial charge in [0.2, 0.25) is 15.9 Å². The van der Waals surface area contributed by atoms with E-state index in [2.05, 4.69) is 39.2 Å². The van der Waals surface area contributed by atoms with Gasteiger partial charge in [-0.15, -0.1) is 0 Å². The van der Waals surface area contributed by atoms with Gasteiger partial charge in [-0.1, -0.05) is 36.8 Å². The Hall–Kier alpha value is -1.75. The zero-order valence-corrected chi connectivity index (χ0v) is 20.0. The van der Waals surface area contributed by atoms with Crippen LogP contribution in [0.25, 0.3) is 10.4 Å². The van der Waals surface area contributed by atoms with E-state index in [-0.39, 0.29) is 22.5 Å². The quantitative estimate of drug-likeness (QED) is 0.337. The minimum absolute atomic E-state index is 0.0193. The Bertz CT molecular complexity index is 977. The molecule has 2 heterocycles. The van der Waals surface area contributed by atoms with Gasteiger partial charge in [-0.3, -0.25) is 9.52 Å². The van der Waals surface area contributed by atoms with Crippen molar-refractivity contribution in [3.63, 3.8) is 0 Å². The van der Waals surface area contributed by atoms with Crippen LogP contribution >= 0.6 is 22.9 Å². The maximum atomic E-state index is 12.5. The van der Waals surface area contributed by atoms with Crippen LogP contribution in [0.2, 0.25) is 5.15 Å². The number of amides is 1. The summed E-state index contributed by atoms with van der Waals surface area (Å²) in [4.78, 5) is 20.4. The zero-order valence-electron chi connectivity index (χ0n) is 17.6. The largest absolute Gasteiger partial charge is 0.317 e. The van der Waals surface area contributed by atoms with E-state index >= 15 is 0 Å². The molecule has 0 saturated carbocycles. The molecule has 2 aromatic heterocycles. The number of pyridine rings is 1. The predicted molar refractivity (Wildman–Crippen MR) is 124 cm³/mol. The molecule has 1 amide bonds. The summed E-state index contributed by atoms with van der Waals surface area (Å²) < 4.78 is 27.4. The lowest BCUT2D eigenvalue weighted by Gasteiger charge is -2.11. The number of thiazole rings is 1. The summed E-state index contributed by atoms with van der Waals surface area (Å²) >= 11 is 7.40. The lowest BCUT2D eigenvalue weighted by atomic mass is 10.1. The average Bonchev–Trinajstić information content (AvgIpc) is 2.99. The molecular weight excluding hydrogens is 446 g/mol. The fourth-order valence-electron chi connectivity index (χ4n) is 2.63. The van der Waals surface area contributed by atoms with Crippen LogP contribution in [0, 0.1) is 12.8 Å². The number of hydrogen-bond donors (Lipinski definition) is 3. The van der Waals surface area contributed by atoms with E-state index in [1.165, 1.54) is 18.3 Å². The van der Waals surface area contributed by atoms with Crippen molar-refractivity contribution in [3.8, 4) is 10.4 Å². The SMILES string of the molecule is CC(=O)Nc1nc(C)c(-c2cnc(Cl)c(NS(=O)(=O)CCCNCCC(C)C)c2)s1. The monoisotopic (exact) mass is 473 g/mol. The maximum absolute atomic E-state index is 12.5. The van der Waals surface area contributed by atoms with Crippen LogP contribution in [0.15, 0.2) is 12.3 Å². The lowest BCUT2D eigenvalue weighted by molar-refractivity contribution is -0.114. The van der Waals surface area contributed by atoms with E-state index in [1.54, 1.807) is 12.3 Å². The Morgan fingerprint density at radius 2 is 2.03 bits per heavy atom. The highest BCUT2D eigenvalue weighted by atomic mass is 35.5. The number of nitrogens with zero attached hydrogens (tertiary/aromatic N) is 2. The molecule has 3 N–H and O–H groups in total. The first-order chi connectivity index (χ1) is 14.1. The molecule has 2 rings (SSSR count). The van der Waals surface area contributed by atoms with Crippen molar-refractivity contribution in [1.82, 2.24) is 15.3 Å². The lowest BCUT2D eigenvalue weighted by Crippen LogP contribution is -2.23. The van der Waals surface area contributed by atoms with E-state index in [9.17, 15) is 13.2 Å². The van der Waals surface area contributed by atoms with Gasteiger partial charge in [-0.25, -0.2) is 18.4 Å². The van der Waals surface area contributed by atoms with Crippen molar-refractivity contribution >= 4 is 49.7 Å². The summed E-state index contributed by atoms with van der Waals surface area (Å²) in [5.74, 6) is 0.382. The summed E-state index contributed by atoms with van der Waals surface area (Å²) in [6.07, 6.45) is 3.10. The number of hydrogen-bond acceptors (Lipinski definition) is 7. The molecule has 0 aliphatic rings. The summed E-state index contributed by atoms with van der Waals surface area (Å²) in [5, 5.41) is 6.44. The summed E-state index contributed by atoms with van der Waals surface area (Å²) in [5.41, 5.74) is 1.59. The Kier molecular flexibility index (Phi) is 9.02. The molecule has 0 bridgehead atoms. The van der Waals surface area contributed by atoms with Crippen molar-refractivity contribution in [2.24, 2.45) is 5.92 Å². The normalized spacial score (nSPS) is 11.7. The van der Waals surface area contributed by atoms with Crippen molar-refractivity contribution in [3.05, 3.63) is 23.1 Å². The van der Waals surface area contributed by atoms with E-state index in [1.807, 2.05) is 6.92 Å². The van der Waals surface area contributed by atoms with Gasteiger partial charge >= 0.3 is 0 Å². The molecule has 0 aliphatic heterocycles. The third-order valence-electron chi connectivity index (χ3n) is 4.11. The molecule has 0 unspecified atom stereocenters. The number of anilines is 2. The Morgan fingerprint density at radius 3 is 2.70 bits per heavy atom. The second-order valence-corrected chi connectivity index (χ2v) is 10.6. The van der Waals surface area contributed by atoms with Crippen LogP contribution < -0.4 is 15.4 Å². The first-order valence-electron chi connectivity index (χ1n) is 9.69. The van der Waals surface area contributed by atoms with Gasteiger partial charge in [0, 0.05) is 18.7 Å². The standard InChI is InChI=1S/C19H28ClN5O3S2/c1-12(2)6-8-21-7-5-9-30(27,28)25-16-10-15(11-22-18(16)20)17-13(3)23-19(29-17)24-14(4)26/h10-12,21,25H,5-9H2,1-4H3,(H,23,24,26). The van der Waals surface area contributed by atoms with Gasteiger partial charge in [0.1, 0.15) is 0 Å². The average molecular weight is 474 g/mol. The molecule has 0 radical (unpaired) electrons.